The number of hydrogen-bond acceptors (Lipinski definition) is 3. The maximum absolute atomic E-state index is 13.3. The van der Waals surface area contributed by atoms with Crippen LogP contribution in [0, 0.1) is 11.7 Å². The molecule has 2 heterocycles. The second-order valence-corrected chi connectivity index (χ2v) is 7.95. The molecule has 1 aliphatic rings. The average molecular weight is 415 g/mol. The summed E-state index contributed by atoms with van der Waals surface area (Å²) in [5.74, 6) is -0.384. The van der Waals surface area contributed by atoms with Gasteiger partial charge < -0.3 is 10.6 Å². The van der Waals surface area contributed by atoms with E-state index >= 15 is 0 Å². The largest absolute Gasteiger partial charge is 0.355 e. The molecule has 0 unspecified atom stereocenters. The third-order valence-electron chi connectivity index (χ3n) is 5.07. The van der Waals surface area contributed by atoms with Crippen LogP contribution in [0.1, 0.15) is 30.9 Å². The molecule has 0 aliphatic carbocycles. The van der Waals surface area contributed by atoms with Crippen LogP contribution in [0.5, 0.6) is 0 Å². The van der Waals surface area contributed by atoms with E-state index in [2.05, 4.69) is 15.7 Å². The molecule has 8 heteroatoms. The summed E-state index contributed by atoms with van der Waals surface area (Å²) in [6, 6.07) is 4.38. The van der Waals surface area contributed by atoms with Gasteiger partial charge in [0.25, 0.3) is 0 Å². The highest BCUT2D eigenvalue weighted by Crippen LogP contribution is 2.31. The number of halogens is 3. The first-order valence-electron chi connectivity index (χ1n) is 8.70. The van der Waals surface area contributed by atoms with Crippen molar-refractivity contribution in [3.05, 3.63) is 52.6 Å². The first-order chi connectivity index (χ1) is 12.3. The molecule has 2 N–H and O–H groups in total. The Hall–Kier alpha value is -1.63. The normalized spacial score (nSPS) is 19.6. The molecule has 0 bridgehead atoms. The molecular formula is C19H25Cl2FN4O. The number of benzene rings is 1. The highest BCUT2D eigenvalue weighted by molar-refractivity contribution is 6.31. The van der Waals surface area contributed by atoms with Crippen molar-refractivity contribution in [1.29, 1.82) is 0 Å². The molecule has 3 rings (SSSR count). The number of amides is 1. The second-order valence-electron chi connectivity index (χ2n) is 7.54. The molecule has 0 saturated carbocycles. The van der Waals surface area contributed by atoms with E-state index in [-0.39, 0.29) is 36.0 Å². The predicted octanol–water partition coefficient (Wildman–Crippen LogP) is 3.03. The molecule has 1 saturated heterocycles. The second kappa shape index (κ2) is 8.59. The summed E-state index contributed by atoms with van der Waals surface area (Å²) < 4.78 is 15.0. The number of rotatable bonds is 5. The van der Waals surface area contributed by atoms with Crippen LogP contribution < -0.4 is 10.6 Å². The number of aryl methyl sites for hydroxylation is 1. The number of carbonyl (C=O) groups excluding carboxylic acids is 1. The van der Waals surface area contributed by atoms with Gasteiger partial charge in [0.05, 0.1) is 12.1 Å². The van der Waals surface area contributed by atoms with Crippen LogP contribution in [0.4, 0.5) is 4.39 Å². The molecule has 1 aromatic carbocycles. The Bertz CT molecular complexity index is 809. The minimum absolute atomic E-state index is 0. The Labute approximate surface area is 170 Å². The zero-order valence-electron chi connectivity index (χ0n) is 15.6. The van der Waals surface area contributed by atoms with Gasteiger partial charge in [0.2, 0.25) is 5.91 Å². The summed E-state index contributed by atoms with van der Waals surface area (Å²) >= 11 is 6.19. The van der Waals surface area contributed by atoms with Crippen molar-refractivity contribution in [3.63, 3.8) is 0 Å². The van der Waals surface area contributed by atoms with Crippen LogP contribution in [-0.2, 0) is 17.3 Å². The van der Waals surface area contributed by atoms with Crippen LogP contribution in [0.2, 0.25) is 5.02 Å². The van der Waals surface area contributed by atoms with Crippen molar-refractivity contribution in [3.8, 4) is 0 Å². The van der Waals surface area contributed by atoms with E-state index in [0.717, 1.165) is 17.7 Å². The van der Waals surface area contributed by atoms with E-state index in [0.29, 0.717) is 18.1 Å². The first-order valence-corrected chi connectivity index (χ1v) is 9.08. The number of hydrogen-bond donors (Lipinski definition) is 2. The lowest BCUT2D eigenvalue weighted by Crippen LogP contribution is -2.41. The summed E-state index contributed by atoms with van der Waals surface area (Å²) in [7, 11) is 1.87. The summed E-state index contributed by atoms with van der Waals surface area (Å²) in [5.41, 5.74) is 1.48. The molecule has 1 amide bonds. The van der Waals surface area contributed by atoms with Gasteiger partial charge in [-0.2, -0.15) is 5.10 Å². The van der Waals surface area contributed by atoms with Crippen LogP contribution >= 0.6 is 24.0 Å². The maximum atomic E-state index is 13.3. The standard InChI is InChI=1S/C19H24ClFN4O.ClH/c1-19(2,16-5-4-13(21)6-17(16)20)11-23-18(26)15-9-22-8-14(15)12-7-24-25(3)10-12;/h4-7,10,14-15,22H,8-9,11H2,1-3H3,(H,23,26);1H/t14-,15+;/m1./s1. The zero-order valence-corrected chi connectivity index (χ0v) is 17.2. The van der Waals surface area contributed by atoms with Gasteiger partial charge in [-0.15, -0.1) is 12.4 Å². The minimum Gasteiger partial charge on any atom is -0.355 e. The van der Waals surface area contributed by atoms with Gasteiger partial charge in [0.15, 0.2) is 0 Å². The van der Waals surface area contributed by atoms with Crippen molar-refractivity contribution >= 4 is 29.9 Å². The lowest BCUT2D eigenvalue weighted by molar-refractivity contribution is -0.125. The molecule has 1 fully saturated rings. The Kier molecular flexibility index (Phi) is 6.89. The van der Waals surface area contributed by atoms with Crippen molar-refractivity contribution < 1.29 is 9.18 Å². The third-order valence-corrected chi connectivity index (χ3v) is 5.38. The zero-order chi connectivity index (χ0) is 18.9. The van der Waals surface area contributed by atoms with E-state index < -0.39 is 5.41 Å². The fourth-order valence-corrected chi connectivity index (χ4v) is 3.93. The van der Waals surface area contributed by atoms with E-state index in [1.807, 2.05) is 33.3 Å². The molecule has 27 heavy (non-hydrogen) atoms. The molecule has 0 radical (unpaired) electrons. The predicted molar refractivity (Wildman–Crippen MR) is 107 cm³/mol. The summed E-state index contributed by atoms with van der Waals surface area (Å²) in [6.07, 6.45) is 3.78. The van der Waals surface area contributed by atoms with Crippen LogP contribution in [0.15, 0.2) is 30.6 Å². The van der Waals surface area contributed by atoms with Crippen molar-refractivity contribution in [2.75, 3.05) is 19.6 Å². The topological polar surface area (TPSA) is 59.0 Å². The molecule has 1 aromatic heterocycles. The van der Waals surface area contributed by atoms with Gasteiger partial charge in [-0.1, -0.05) is 31.5 Å². The molecule has 2 aromatic rings. The van der Waals surface area contributed by atoms with Crippen LogP contribution in [-0.4, -0.2) is 35.3 Å². The van der Waals surface area contributed by atoms with E-state index in [1.165, 1.54) is 12.1 Å². The Morgan fingerprint density at radius 3 is 2.81 bits per heavy atom. The molecular weight excluding hydrogens is 390 g/mol. The van der Waals surface area contributed by atoms with Gasteiger partial charge in [0, 0.05) is 49.2 Å². The van der Waals surface area contributed by atoms with Gasteiger partial charge in [-0.05, 0) is 23.3 Å². The smallest absolute Gasteiger partial charge is 0.225 e. The van der Waals surface area contributed by atoms with E-state index in [9.17, 15) is 9.18 Å². The Morgan fingerprint density at radius 1 is 1.44 bits per heavy atom. The molecule has 0 spiro atoms. The van der Waals surface area contributed by atoms with Crippen molar-refractivity contribution in [2.24, 2.45) is 13.0 Å². The van der Waals surface area contributed by atoms with Gasteiger partial charge >= 0.3 is 0 Å². The average Bonchev–Trinajstić information content (AvgIpc) is 3.20. The Morgan fingerprint density at radius 2 is 2.19 bits per heavy atom. The molecule has 2 atom stereocenters. The van der Waals surface area contributed by atoms with Crippen molar-refractivity contribution in [2.45, 2.75) is 25.2 Å². The summed E-state index contributed by atoms with van der Waals surface area (Å²) in [4.78, 5) is 12.8. The van der Waals surface area contributed by atoms with E-state index in [4.69, 9.17) is 11.6 Å². The van der Waals surface area contributed by atoms with Crippen molar-refractivity contribution in [1.82, 2.24) is 20.4 Å². The number of carbonyl (C=O) groups is 1. The number of nitrogens with zero attached hydrogens (tertiary/aromatic N) is 2. The SMILES string of the molecule is Cl.Cn1cc([C@H]2CNC[C@@H]2C(=O)NCC(C)(C)c2ccc(F)cc2Cl)cn1. The number of aromatic nitrogens is 2. The van der Waals surface area contributed by atoms with Gasteiger partial charge in [0.1, 0.15) is 5.82 Å². The highest BCUT2D eigenvalue weighted by Gasteiger charge is 2.35. The lowest BCUT2D eigenvalue weighted by atomic mass is 9.84. The quantitative estimate of drug-likeness (QED) is 0.790. The van der Waals surface area contributed by atoms with E-state index in [1.54, 1.807) is 10.7 Å². The first kappa shape index (κ1) is 21.7. The van der Waals surface area contributed by atoms with Crippen LogP contribution in [0.3, 0.4) is 0 Å². The molecule has 148 valence electrons. The van der Waals surface area contributed by atoms with Crippen LogP contribution in [0.25, 0.3) is 0 Å². The Balaban J connectivity index is 0.00000261. The fraction of sp³-hybridized carbons (Fsp3) is 0.474. The number of nitrogens with one attached hydrogen (secondary N) is 2. The minimum atomic E-state index is -0.406. The monoisotopic (exact) mass is 414 g/mol. The third kappa shape index (κ3) is 4.81. The maximum Gasteiger partial charge on any atom is 0.225 e. The summed E-state index contributed by atoms with van der Waals surface area (Å²) in [6.45, 7) is 5.79. The lowest BCUT2D eigenvalue weighted by Gasteiger charge is -2.28. The highest BCUT2D eigenvalue weighted by atomic mass is 35.5. The molecule has 5 nitrogen and oxygen atoms in total. The van der Waals surface area contributed by atoms with Gasteiger partial charge in [-0.3, -0.25) is 9.48 Å². The molecule has 1 aliphatic heterocycles. The summed E-state index contributed by atoms with van der Waals surface area (Å²) in [5, 5.41) is 10.9. The fourth-order valence-electron chi connectivity index (χ4n) is 3.51. The van der Waals surface area contributed by atoms with Gasteiger partial charge in [-0.25, -0.2) is 4.39 Å².